The van der Waals surface area contributed by atoms with E-state index >= 15 is 0 Å². The van der Waals surface area contributed by atoms with Crippen LogP contribution < -0.4 is 11.3 Å². The lowest BCUT2D eigenvalue weighted by Crippen LogP contribution is -2.38. The minimum atomic E-state index is 0.273. The van der Waals surface area contributed by atoms with Crippen molar-refractivity contribution in [1.29, 1.82) is 0 Å². The Labute approximate surface area is 63.5 Å². The summed E-state index contributed by atoms with van der Waals surface area (Å²) >= 11 is 0. The third-order valence-electron chi connectivity index (χ3n) is 2.00. The zero-order valence-electron chi connectivity index (χ0n) is 6.93. The first-order valence-corrected chi connectivity index (χ1v) is 3.88. The van der Waals surface area contributed by atoms with Crippen molar-refractivity contribution in [3.8, 4) is 0 Å². The Morgan fingerprint density at radius 2 is 2.00 bits per heavy atom. The first-order valence-electron chi connectivity index (χ1n) is 3.88. The smallest absolute Gasteiger partial charge is 0.0415 e. The molecule has 0 fully saturated rings. The molecule has 0 saturated carbocycles. The summed E-state index contributed by atoms with van der Waals surface area (Å²) in [5.41, 5.74) is 2.74. The fourth-order valence-corrected chi connectivity index (χ4v) is 1.19. The fraction of sp³-hybridized carbons (Fsp3) is 0.750. The van der Waals surface area contributed by atoms with Gasteiger partial charge in [0.05, 0.1) is 0 Å². The zero-order valence-corrected chi connectivity index (χ0v) is 6.93. The molecule has 0 radical (unpaired) electrons. The number of hydrazine groups is 1. The summed E-state index contributed by atoms with van der Waals surface area (Å²) in [6, 6.07) is 0.273. The molecule has 10 heavy (non-hydrogen) atoms. The van der Waals surface area contributed by atoms with Gasteiger partial charge in [0.25, 0.3) is 0 Å². The van der Waals surface area contributed by atoms with Gasteiger partial charge in [-0.2, -0.15) is 0 Å². The molecule has 2 nitrogen and oxygen atoms in total. The SMILES string of the molecule is C=CC(NN)C(CC)CC. The van der Waals surface area contributed by atoms with Crippen LogP contribution in [0.1, 0.15) is 26.7 Å². The van der Waals surface area contributed by atoms with Gasteiger partial charge in [-0.25, -0.2) is 0 Å². The third-order valence-corrected chi connectivity index (χ3v) is 2.00. The van der Waals surface area contributed by atoms with Crippen LogP contribution in [0.2, 0.25) is 0 Å². The van der Waals surface area contributed by atoms with Gasteiger partial charge in [0.15, 0.2) is 0 Å². The van der Waals surface area contributed by atoms with Gasteiger partial charge in [0.2, 0.25) is 0 Å². The molecule has 0 spiro atoms. The predicted molar refractivity (Wildman–Crippen MR) is 45.4 cm³/mol. The molecular formula is C8H18N2. The molecule has 60 valence electrons. The van der Waals surface area contributed by atoms with Gasteiger partial charge >= 0.3 is 0 Å². The highest BCUT2D eigenvalue weighted by Crippen LogP contribution is 2.12. The Bertz CT molecular complexity index is 87.3. The normalized spacial score (nSPS) is 13.6. The van der Waals surface area contributed by atoms with Gasteiger partial charge in [0, 0.05) is 6.04 Å². The molecule has 3 N–H and O–H groups in total. The summed E-state index contributed by atoms with van der Waals surface area (Å²) < 4.78 is 0. The number of rotatable bonds is 5. The lowest BCUT2D eigenvalue weighted by atomic mass is 9.95. The maximum absolute atomic E-state index is 5.31. The average molecular weight is 142 g/mol. The van der Waals surface area contributed by atoms with E-state index in [0.717, 1.165) is 12.8 Å². The Hall–Kier alpha value is -0.340. The molecular weight excluding hydrogens is 124 g/mol. The zero-order chi connectivity index (χ0) is 7.98. The van der Waals surface area contributed by atoms with Gasteiger partial charge < -0.3 is 0 Å². The molecule has 0 rings (SSSR count). The summed E-state index contributed by atoms with van der Waals surface area (Å²) in [6.07, 6.45) is 4.17. The van der Waals surface area contributed by atoms with E-state index in [1.807, 2.05) is 6.08 Å². The van der Waals surface area contributed by atoms with E-state index in [9.17, 15) is 0 Å². The molecule has 0 amide bonds. The summed E-state index contributed by atoms with van der Waals surface area (Å²) in [7, 11) is 0. The topological polar surface area (TPSA) is 38.0 Å². The predicted octanol–water partition coefficient (Wildman–Crippen LogP) is 1.44. The highest BCUT2D eigenvalue weighted by Gasteiger charge is 2.12. The van der Waals surface area contributed by atoms with Crippen molar-refractivity contribution < 1.29 is 0 Å². The highest BCUT2D eigenvalue weighted by molar-refractivity contribution is 4.88. The van der Waals surface area contributed by atoms with Gasteiger partial charge in [-0.15, -0.1) is 6.58 Å². The maximum atomic E-state index is 5.31. The molecule has 2 heteroatoms. The second-order valence-electron chi connectivity index (χ2n) is 2.50. The standard InChI is InChI=1S/C8H18N2/c1-4-7(5-2)8(6-3)10-9/h6-8,10H,3-5,9H2,1-2H3. The molecule has 0 aliphatic carbocycles. The average Bonchev–Trinajstić information content (AvgIpc) is 2.00. The fourth-order valence-electron chi connectivity index (χ4n) is 1.19. The van der Waals surface area contributed by atoms with E-state index in [0.29, 0.717) is 5.92 Å². The van der Waals surface area contributed by atoms with Crippen molar-refractivity contribution in [1.82, 2.24) is 5.43 Å². The van der Waals surface area contributed by atoms with Gasteiger partial charge in [0.1, 0.15) is 0 Å². The Morgan fingerprint density at radius 3 is 2.10 bits per heavy atom. The van der Waals surface area contributed by atoms with Crippen LogP contribution in [-0.4, -0.2) is 6.04 Å². The molecule has 0 saturated heterocycles. The molecule has 0 aliphatic rings. The molecule has 1 unspecified atom stereocenters. The van der Waals surface area contributed by atoms with Crippen molar-refractivity contribution in [2.45, 2.75) is 32.7 Å². The summed E-state index contributed by atoms with van der Waals surface area (Å²) in [6.45, 7) is 8.04. The van der Waals surface area contributed by atoms with E-state index in [1.54, 1.807) is 0 Å². The molecule has 0 aromatic rings. The van der Waals surface area contributed by atoms with Crippen LogP contribution in [0.5, 0.6) is 0 Å². The quantitative estimate of drug-likeness (QED) is 0.346. The van der Waals surface area contributed by atoms with Crippen molar-refractivity contribution in [2.24, 2.45) is 11.8 Å². The van der Waals surface area contributed by atoms with Crippen molar-refractivity contribution in [3.05, 3.63) is 12.7 Å². The number of hydrogen-bond acceptors (Lipinski definition) is 2. The lowest BCUT2D eigenvalue weighted by molar-refractivity contribution is 0.389. The summed E-state index contributed by atoms with van der Waals surface area (Å²) in [4.78, 5) is 0. The second kappa shape index (κ2) is 5.45. The van der Waals surface area contributed by atoms with Crippen LogP contribution in [-0.2, 0) is 0 Å². The largest absolute Gasteiger partial charge is 0.271 e. The first kappa shape index (κ1) is 9.66. The molecule has 0 aromatic carbocycles. The lowest BCUT2D eigenvalue weighted by Gasteiger charge is -2.20. The Morgan fingerprint density at radius 1 is 1.50 bits per heavy atom. The monoisotopic (exact) mass is 142 g/mol. The van der Waals surface area contributed by atoms with Crippen LogP contribution in [0.15, 0.2) is 12.7 Å². The number of nitrogens with one attached hydrogen (secondary N) is 1. The number of nitrogens with two attached hydrogens (primary N) is 1. The van der Waals surface area contributed by atoms with Gasteiger partial charge in [-0.1, -0.05) is 32.8 Å². The minimum Gasteiger partial charge on any atom is -0.271 e. The van der Waals surface area contributed by atoms with Gasteiger partial charge in [-0.3, -0.25) is 11.3 Å². The highest BCUT2D eigenvalue weighted by atomic mass is 15.2. The van der Waals surface area contributed by atoms with Crippen LogP contribution in [0.4, 0.5) is 0 Å². The summed E-state index contributed by atoms with van der Waals surface area (Å²) in [5.74, 6) is 5.94. The van der Waals surface area contributed by atoms with Crippen molar-refractivity contribution in [2.75, 3.05) is 0 Å². The van der Waals surface area contributed by atoms with E-state index in [4.69, 9.17) is 5.84 Å². The number of hydrogen-bond donors (Lipinski definition) is 2. The van der Waals surface area contributed by atoms with Crippen molar-refractivity contribution in [3.63, 3.8) is 0 Å². The molecule has 1 atom stereocenters. The van der Waals surface area contributed by atoms with Crippen molar-refractivity contribution >= 4 is 0 Å². The van der Waals surface area contributed by atoms with Crippen LogP contribution in [0, 0.1) is 5.92 Å². The van der Waals surface area contributed by atoms with E-state index in [2.05, 4.69) is 25.9 Å². The molecule has 0 aromatic heterocycles. The first-order chi connectivity index (χ1) is 4.79. The van der Waals surface area contributed by atoms with Gasteiger partial charge in [-0.05, 0) is 5.92 Å². The molecule has 0 heterocycles. The maximum Gasteiger partial charge on any atom is 0.0415 e. The minimum absolute atomic E-state index is 0.273. The van der Waals surface area contributed by atoms with Crippen LogP contribution in [0.25, 0.3) is 0 Å². The van der Waals surface area contributed by atoms with Crippen LogP contribution in [0.3, 0.4) is 0 Å². The van der Waals surface area contributed by atoms with E-state index < -0.39 is 0 Å². The molecule has 0 bridgehead atoms. The van der Waals surface area contributed by atoms with E-state index in [-0.39, 0.29) is 6.04 Å². The Kier molecular flexibility index (Phi) is 5.26. The Balaban J connectivity index is 3.81. The third kappa shape index (κ3) is 2.50. The second-order valence-corrected chi connectivity index (χ2v) is 2.50. The molecule has 0 aliphatic heterocycles. The van der Waals surface area contributed by atoms with E-state index in [1.165, 1.54) is 0 Å². The summed E-state index contributed by atoms with van der Waals surface area (Å²) in [5, 5.41) is 0. The van der Waals surface area contributed by atoms with Crippen LogP contribution >= 0.6 is 0 Å².